The summed E-state index contributed by atoms with van der Waals surface area (Å²) in [6.07, 6.45) is 2.21. The summed E-state index contributed by atoms with van der Waals surface area (Å²) in [5.74, 6) is 0. The van der Waals surface area contributed by atoms with E-state index in [0.29, 0.717) is 13.2 Å². The highest BCUT2D eigenvalue weighted by Gasteiger charge is 2.41. The monoisotopic (exact) mass is 317 g/mol. The molecule has 2 aliphatic rings. The standard InChI is InChI=1S/C17H23N3O3/c1-4-20(16(21)22-3)14-6-5-11(2)12-7-8-17(9-13(12)14)10-23-15(18)19-17/h5-6H,4,7-10H2,1-3H3,(H2,18,19). The number of aryl methyl sites for hydroxylation is 1. The summed E-state index contributed by atoms with van der Waals surface area (Å²) in [5.41, 5.74) is 10.0. The molecule has 0 radical (unpaired) electrons. The number of nitrogens with zero attached hydrogens (tertiary/aromatic N) is 2. The largest absolute Gasteiger partial charge is 0.463 e. The Labute approximate surface area is 136 Å². The van der Waals surface area contributed by atoms with Gasteiger partial charge in [0.15, 0.2) is 0 Å². The van der Waals surface area contributed by atoms with Gasteiger partial charge in [-0.2, -0.15) is 0 Å². The van der Waals surface area contributed by atoms with Gasteiger partial charge in [-0.15, -0.1) is 0 Å². The Balaban J connectivity index is 2.06. The summed E-state index contributed by atoms with van der Waals surface area (Å²) < 4.78 is 10.3. The second-order valence-corrected chi connectivity index (χ2v) is 6.21. The quantitative estimate of drug-likeness (QED) is 0.907. The number of ether oxygens (including phenoxy) is 2. The van der Waals surface area contributed by atoms with E-state index in [1.807, 2.05) is 13.0 Å². The first-order chi connectivity index (χ1) is 11.0. The van der Waals surface area contributed by atoms with E-state index in [0.717, 1.165) is 30.5 Å². The third-order valence-electron chi connectivity index (χ3n) is 4.82. The molecule has 1 unspecified atom stereocenters. The highest BCUT2D eigenvalue weighted by Crippen LogP contribution is 2.40. The summed E-state index contributed by atoms with van der Waals surface area (Å²) in [5, 5.41) is 0. The van der Waals surface area contributed by atoms with Crippen LogP contribution in [0.5, 0.6) is 0 Å². The van der Waals surface area contributed by atoms with E-state index in [-0.39, 0.29) is 17.7 Å². The number of aliphatic imine (C=N–C) groups is 1. The number of hydrogen-bond donors (Lipinski definition) is 1. The van der Waals surface area contributed by atoms with Crippen molar-refractivity contribution in [2.45, 2.75) is 38.6 Å². The summed E-state index contributed by atoms with van der Waals surface area (Å²) in [6, 6.07) is 4.33. The van der Waals surface area contributed by atoms with Crippen molar-refractivity contribution in [3.05, 3.63) is 28.8 Å². The lowest BCUT2D eigenvalue weighted by Gasteiger charge is -2.34. The molecule has 0 saturated heterocycles. The molecule has 6 nitrogen and oxygen atoms in total. The molecule has 1 aliphatic carbocycles. The van der Waals surface area contributed by atoms with Gasteiger partial charge in [-0.25, -0.2) is 9.79 Å². The second kappa shape index (κ2) is 5.76. The number of rotatable bonds is 2. The van der Waals surface area contributed by atoms with Crippen LogP contribution in [0.2, 0.25) is 0 Å². The van der Waals surface area contributed by atoms with Crippen LogP contribution in [0.25, 0.3) is 0 Å². The average Bonchev–Trinajstić information content (AvgIpc) is 2.90. The highest BCUT2D eigenvalue weighted by molar-refractivity contribution is 5.89. The lowest BCUT2D eigenvalue weighted by Crippen LogP contribution is -2.38. The van der Waals surface area contributed by atoms with Crippen molar-refractivity contribution in [1.82, 2.24) is 0 Å². The minimum atomic E-state index is -0.344. The Morgan fingerprint density at radius 2 is 2.26 bits per heavy atom. The molecule has 3 rings (SSSR count). The third-order valence-corrected chi connectivity index (χ3v) is 4.82. The Morgan fingerprint density at radius 1 is 1.48 bits per heavy atom. The smallest absolute Gasteiger partial charge is 0.413 e. The number of fused-ring (bicyclic) bond motifs is 1. The zero-order valence-electron chi connectivity index (χ0n) is 13.9. The molecule has 0 saturated carbocycles. The van der Waals surface area contributed by atoms with Gasteiger partial charge < -0.3 is 15.2 Å². The number of amidine groups is 1. The molecule has 1 spiro atoms. The Bertz CT molecular complexity index is 671. The molecule has 2 N–H and O–H groups in total. The predicted octanol–water partition coefficient (Wildman–Crippen LogP) is 2.16. The van der Waals surface area contributed by atoms with Crippen LogP contribution in [-0.4, -0.2) is 37.9 Å². The van der Waals surface area contributed by atoms with Gasteiger partial charge in [0, 0.05) is 13.0 Å². The van der Waals surface area contributed by atoms with Crippen molar-refractivity contribution in [1.29, 1.82) is 0 Å². The molecule has 0 fully saturated rings. The van der Waals surface area contributed by atoms with E-state index < -0.39 is 0 Å². The molecule has 1 heterocycles. The predicted molar refractivity (Wildman–Crippen MR) is 88.9 cm³/mol. The van der Waals surface area contributed by atoms with Crippen LogP contribution < -0.4 is 10.6 Å². The molecule has 1 aromatic rings. The lowest BCUT2D eigenvalue weighted by molar-refractivity contribution is 0.179. The fourth-order valence-corrected chi connectivity index (χ4v) is 3.60. The van der Waals surface area contributed by atoms with Crippen LogP contribution in [0.3, 0.4) is 0 Å². The topological polar surface area (TPSA) is 77.2 Å². The van der Waals surface area contributed by atoms with Crippen LogP contribution in [0.15, 0.2) is 17.1 Å². The van der Waals surface area contributed by atoms with Gasteiger partial charge in [-0.3, -0.25) is 4.90 Å². The van der Waals surface area contributed by atoms with E-state index in [9.17, 15) is 4.79 Å². The molecule has 6 heteroatoms. The van der Waals surface area contributed by atoms with Crippen molar-refractivity contribution >= 4 is 17.8 Å². The Kier molecular flexibility index (Phi) is 3.92. The number of anilines is 1. The zero-order chi connectivity index (χ0) is 16.6. The first-order valence-electron chi connectivity index (χ1n) is 7.94. The molecule has 23 heavy (non-hydrogen) atoms. The normalized spacial score (nSPS) is 22.3. The molecule has 1 amide bonds. The van der Waals surface area contributed by atoms with Crippen molar-refractivity contribution < 1.29 is 14.3 Å². The maximum absolute atomic E-state index is 12.1. The van der Waals surface area contributed by atoms with Crippen molar-refractivity contribution in [3.8, 4) is 0 Å². The molecule has 1 aliphatic heterocycles. The number of methoxy groups -OCH3 is 1. The van der Waals surface area contributed by atoms with Gasteiger partial charge in [0.2, 0.25) is 0 Å². The van der Waals surface area contributed by atoms with Gasteiger partial charge in [0.25, 0.3) is 6.02 Å². The first kappa shape index (κ1) is 15.6. The minimum Gasteiger partial charge on any atom is -0.463 e. The number of benzene rings is 1. The second-order valence-electron chi connectivity index (χ2n) is 6.21. The number of hydrogen-bond acceptors (Lipinski definition) is 5. The number of carbonyl (C=O) groups is 1. The molecular formula is C17H23N3O3. The summed E-state index contributed by atoms with van der Waals surface area (Å²) in [4.78, 5) is 18.3. The van der Waals surface area contributed by atoms with Crippen molar-refractivity contribution in [2.75, 3.05) is 25.2 Å². The molecule has 1 aromatic carbocycles. The maximum Gasteiger partial charge on any atom is 0.413 e. The van der Waals surface area contributed by atoms with Gasteiger partial charge >= 0.3 is 6.09 Å². The van der Waals surface area contributed by atoms with Crippen molar-refractivity contribution in [2.24, 2.45) is 10.7 Å². The van der Waals surface area contributed by atoms with E-state index in [1.54, 1.807) is 4.90 Å². The Hall–Kier alpha value is -2.24. The van der Waals surface area contributed by atoms with Gasteiger partial charge in [-0.1, -0.05) is 6.07 Å². The first-order valence-corrected chi connectivity index (χ1v) is 7.94. The maximum atomic E-state index is 12.1. The average molecular weight is 317 g/mol. The summed E-state index contributed by atoms with van der Waals surface area (Å²) >= 11 is 0. The van der Waals surface area contributed by atoms with Gasteiger partial charge in [0.1, 0.15) is 12.1 Å². The van der Waals surface area contributed by atoms with E-state index in [2.05, 4.69) is 18.0 Å². The van der Waals surface area contributed by atoms with Crippen LogP contribution in [-0.2, 0) is 22.3 Å². The summed E-state index contributed by atoms with van der Waals surface area (Å²) in [6.45, 7) is 5.11. The zero-order valence-corrected chi connectivity index (χ0v) is 13.9. The van der Waals surface area contributed by atoms with Gasteiger partial charge in [0.05, 0.1) is 12.8 Å². The summed E-state index contributed by atoms with van der Waals surface area (Å²) in [7, 11) is 1.41. The Morgan fingerprint density at radius 3 is 2.87 bits per heavy atom. The molecular weight excluding hydrogens is 294 g/mol. The molecule has 1 atom stereocenters. The number of amides is 1. The fraction of sp³-hybridized carbons (Fsp3) is 0.529. The lowest BCUT2D eigenvalue weighted by atomic mass is 9.77. The molecule has 124 valence electrons. The van der Waals surface area contributed by atoms with Crippen LogP contribution in [0.4, 0.5) is 10.5 Å². The van der Waals surface area contributed by atoms with E-state index in [4.69, 9.17) is 15.2 Å². The highest BCUT2D eigenvalue weighted by atomic mass is 16.5. The van der Waals surface area contributed by atoms with E-state index in [1.165, 1.54) is 18.2 Å². The van der Waals surface area contributed by atoms with Crippen LogP contribution >= 0.6 is 0 Å². The third kappa shape index (κ3) is 2.62. The van der Waals surface area contributed by atoms with Crippen LogP contribution in [0, 0.1) is 6.92 Å². The minimum absolute atomic E-state index is 0.267. The van der Waals surface area contributed by atoms with E-state index >= 15 is 0 Å². The number of carbonyl (C=O) groups excluding carboxylic acids is 1. The molecule has 0 aromatic heterocycles. The SMILES string of the molecule is CCN(C(=O)OC)c1ccc(C)c2c1CC1(CC2)COC(N)=N1. The van der Waals surface area contributed by atoms with Crippen LogP contribution in [0.1, 0.15) is 30.0 Å². The number of nitrogens with two attached hydrogens (primary N) is 1. The molecule has 0 bridgehead atoms. The van der Waals surface area contributed by atoms with Crippen molar-refractivity contribution in [3.63, 3.8) is 0 Å². The van der Waals surface area contributed by atoms with Gasteiger partial charge in [-0.05, 0) is 49.4 Å². The fourth-order valence-electron chi connectivity index (χ4n) is 3.60.